The number of aromatic nitrogens is 1. The number of pyridine rings is 1. The lowest BCUT2D eigenvalue weighted by molar-refractivity contribution is -0.143. The standard InChI is InChI=1S/C34H52N6O5/c1-21(2)24-17-26(30(43)37-25(16-22-11-12-22)27(41)29(35)42)40(20-24)31(44)28(33(3,4)5)38-32(45)39-34(13-7-6-8-14-34)18-23-10-9-15-36-19-23/h9-10,15,19,21-22,24-26,28H,6-8,11-14,16-18,20H2,1-5H3,(H2,35,42)(H,37,43)(H2,38,39,45)/t24-,25?,26+,28-/m1/s1. The number of hydrogen-bond donors (Lipinski definition) is 4. The van der Waals surface area contributed by atoms with Gasteiger partial charge in [-0.1, -0.05) is 72.8 Å². The average molecular weight is 625 g/mol. The number of primary amides is 1. The molecule has 0 aromatic carbocycles. The van der Waals surface area contributed by atoms with Crippen molar-refractivity contribution >= 4 is 29.5 Å². The Morgan fingerprint density at radius 3 is 2.31 bits per heavy atom. The number of ketones is 1. The normalized spacial score (nSPS) is 22.8. The maximum absolute atomic E-state index is 14.3. The molecule has 1 unspecified atom stereocenters. The second-order valence-corrected chi connectivity index (χ2v) is 15.0. The molecule has 5 N–H and O–H groups in total. The van der Waals surface area contributed by atoms with Gasteiger partial charge in [-0.3, -0.25) is 24.2 Å². The van der Waals surface area contributed by atoms with Crippen molar-refractivity contribution in [3.05, 3.63) is 30.1 Å². The van der Waals surface area contributed by atoms with Crippen LogP contribution in [0.3, 0.4) is 0 Å². The first-order valence-corrected chi connectivity index (χ1v) is 16.6. The lowest BCUT2D eigenvalue weighted by Crippen LogP contribution is -2.62. The number of nitrogens with one attached hydrogen (secondary N) is 3. The van der Waals surface area contributed by atoms with Crippen molar-refractivity contribution in [2.45, 2.75) is 122 Å². The molecule has 0 bridgehead atoms. The van der Waals surface area contributed by atoms with Gasteiger partial charge in [-0.2, -0.15) is 0 Å². The maximum atomic E-state index is 14.3. The van der Waals surface area contributed by atoms with Crippen molar-refractivity contribution in [2.24, 2.45) is 28.9 Å². The van der Waals surface area contributed by atoms with E-state index in [0.717, 1.165) is 50.5 Å². The van der Waals surface area contributed by atoms with Crippen LogP contribution in [-0.2, 0) is 25.6 Å². The number of likely N-dealkylation sites (tertiary alicyclic amines) is 1. The van der Waals surface area contributed by atoms with Crippen LogP contribution in [0.4, 0.5) is 4.79 Å². The SMILES string of the molecule is CC(C)[C@@H]1C[C@@H](C(=O)NC(CC2CC2)C(=O)C(N)=O)N(C(=O)[C@@H](NC(=O)NC2(Cc3cccnc3)CCCCC2)C(C)(C)C)C1. The summed E-state index contributed by atoms with van der Waals surface area (Å²) >= 11 is 0. The van der Waals surface area contributed by atoms with Gasteiger partial charge >= 0.3 is 6.03 Å². The van der Waals surface area contributed by atoms with E-state index in [-0.39, 0.29) is 23.7 Å². The van der Waals surface area contributed by atoms with Crippen molar-refractivity contribution in [3.63, 3.8) is 0 Å². The van der Waals surface area contributed by atoms with E-state index in [2.05, 4.69) is 34.8 Å². The Labute approximate surface area is 267 Å². The zero-order chi connectivity index (χ0) is 32.9. The first-order chi connectivity index (χ1) is 21.2. The number of carbonyl (C=O) groups excluding carboxylic acids is 5. The van der Waals surface area contributed by atoms with Crippen LogP contribution in [0.25, 0.3) is 0 Å². The molecular formula is C34H52N6O5. The van der Waals surface area contributed by atoms with E-state index in [4.69, 9.17) is 5.73 Å². The number of urea groups is 1. The Bertz CT molecular complexity index is 1240. The molecule has 11 nitrogen and oxygen atoms in total. The Morgan fingerprint density at radius 2 is 1.76 bits per heavy atom. The molecule has 0 radical (unpaired) electrons. The molecule has 5 amide bonds. The summed E-state index contributed by atoms with van der Waals surface area (Å²) in [5, 5.41) is 9.02. The number of rotatable bonds is 12. The second kappa shape index (κ2) is 14.3. The molecule has 11 heteroatoms. The van der Waals surface area contributed by atoms with Crippen molar-refractivity contribution in [3.8, 4) is 0 Å². The highest BCUT2D eigenvalue weighted by Crippen LogP contribution is 2.35. The summed E-state index contributed by atoms with van der Waals surface area (Å²) in [5.41, 5.74) is 5.24. The van der Waals surface area contributed by atoms with E-state index in [1.54, 1.807) is 11.1 Å². The number of nitrogens with zero attached hydrogens (tertiary/aromatic N) is 2. The molecule has 1 saturated heterocycles. The van der Waals surface area contributed by atoms with Gasteiger partial charge in [0, 0.05) is 24.5 Å². The van der Waals surface area contributed by atoms with Crippen LogP contribution in [0.15, 0.2) is 24.5 Å². The zero-order valence-corrected chi connectivity index (χ0v) is 27.6. The summed E-state index contributed by atoms with van der Waals surface area (Å²) in [6.07, 6.45) is 11.7. The third kappa shape index (κ3) is 9.04. The van der Waals surface area contributed by atoms with Gasteiger partial charge in [0.15, 0.2) is 0 Å². The first kappa shape index (κ1) is 34.4. The Kier molecular flexibility index (Phi) is 10.9. The number of Topliss-reactive ketones (excluding diaryl/α,β-unsaturated/α-hetero) is 1. The Balaban J connectivity index is 1.52. The van der Waals surface area contributed by atoms with Gasteiger partial charge in [-0.05, 0) is 66.9 Å². The number of amides is 5. The van der Waals surface area contributed by atoms with Gasteiger partial charge in [-0.15, -0.1) is 0 Å². The fourth-order valence-corrected chi connectivity index (χ4v) is 6.89. The minimum absolute atomic E-state index is 0.0536. The highest BCUT2D eigenvalue weighted by atomic mass is 16.2. The van der Waals surface area contributed by atoms with E-state index in [1.165, 1.54) is 0 Å². The molecule has 4 rings (SSSR count). The van der Waals surface area contributed by atoms with E-state index in [0.29, 0.717) is 25.8 Å². The fourth-order valence-electron chi connectivity index (χ4n) is 6.89. The quantitative estimate of drug-likeness (QED) is 0.261. The second-order valence-electron chi connectivity index (χ2n) is 15.0. The average Bonchev–Trinajstić information content (AvgIpc) is 3.68. The number of nitrogens with two attached hydrogens (primary N) is 1. The summed E-state index contributed by atoms with van der Waals surface area (Å²) in [7, 11) is 0. The van der Waals surface area contributed by atoms with E-state index in [1.807, 2.05) is 39.1 Å². The molecule has 3 aliphatic rings. The first-order valence-electron chi connectivity index (χ1n) is 16.6. The summed E-state index contributed by atoms with van der Waals surface area (Å²) in [4.78, 5) is 71.9. The molecule has 2 aliphatic carbocycles. The van der Waals surface area contributed by atoms with Crippen LogP contribution < -0.4 is 21.7 Å². The summed E-state index contributed by atoms with van der Waals surface area (Å²) in [5.74, 6) is -2.19. The highest BCUT2D eigenvalue weighted by molar-refractivity contribution is 6.37. The molecular weight excluding hydrogens is 572 g/mol. The highest BCUT2D eigenvalue weighted by Gasteiger charge is 2.47. The molecule has 2 saturated carbocycles. The van der Waals surface area contributed by atoms with Gasteiger partial charge in [0.25, 0.3) is 5.91 Å². The monoisotopic (exact) mass is 624 g/mol. The smallest absolute Gasteiger partial charge is 0.315 e. The van der Waals surface area contributed by atoms with Crippen LogP contribution in [0.5, 0.6) is 0 Å². The Hall–Kier alpha value is -3.50. The molecule has 1 aromatic rings. The third-order valence-electron chi connectivity index (χ3n) is 9.85. The minimum atomic E-state index is -1.08. The van der Waals surface area contributed by atoms with Crippen molar-refractivity contribution in [2.75, 3.05) is 6.54 Å². The summed E-state index contributed by atoms with van der Waals surface area (Å²) < 4.78 is 0. The van der Waals surface area contributed by atoms with Crippen LogP contribution >= 0.6 is 0 Å². The van der Waals surface area contributed by atoms with E-state index in [9.17, 15) is 24.0 Å². The molecule has 45 heavy (non-hydrogen) atoms. The number of carbonyl (C=O) groups is 5. The van der Waals surface area contributed by atoms with Gasteiger partial charge in [0.05, 0.1) is 6.04 Å². The van der Waals surface area contributed by atoms with Crippen LogP contribution in [0.1, 0.15) is 98.0 Å². The van der Waals surface area contributed by atoms with Crippen molar-refractivity contribution in [1.29, 1.82) is 0 Å². The minimum Gasteiger partial charge on any atom is -0.363 e. The molecule has 4 atom stereocenters. The zero-order valence-electron chi connectivity index (χ0n) is 27.6. The van der Waals surface area contributed by atoms with Crippen molar-refractivity contribution < 1.29 is 24.0 Å². The molecule has 1 aromatic heterocycles. The summed E-state index contributed by atoms with van der Waals surface area (Å²) in [6.45, 7) is 10.1. The van der Waals surface area contributed by atoms with E-state index < -0.39 is 52.7 Å². The largest absolute Gasteiger partial charge is 0.363 e. The topological polar surface area (TPSA) is 164 Å². The lowest BCUT2D eigenvalue weighted by Gasteiger charge is -2.40. The molecule has 1 aliphatic heterocycles. The third-order valence-corrected chi connectivity index (χ3v) is 9.85. The maximum Gasteiger partial charge on any atom is 0.315 e. The molecule has 3 fully saturated rings. The van der Waals surface area contributed by atoms with Gasteiger partial charge in [0.1, 0.15) is 12.1 Å². The predicted molar refractivity (Wildman–Crippen MR) is 171 cm³/mol. The van der Waals surface area contributed by atoms with Gasteiger partial charge < -0.3 is 26.6 Å². The predicted octanol–water partition coefficient (Wildman–Crippen LogP) is 3.25. The van der Waals surface area contributed by atoms with Gasteiger partial charge in [0.2, 0.25) is 17.6 Å². The Morgan fingerprint density at radius 1 is 1.07 bits per heavy atom. The summed E-state index contributed by atoms with van der Waals surface area (Å²) in [6, 6.07) is 0.744. The van der Waals surface area contributed by atoms with Crippen molar-refractivity contribution in [1.82, 2.24) is 25.8 Å². The lowest BCUT2D eigenvalue weighted by atomic mass is 9.77. The molecule has 2 heterocycles. The fraction of sp³-hybridized carbons (Fsp3) is 0.706. The van der Waals surface area contributed by atoms with Crippen LogP contribution in [0.2, 0.25) is 0 Å². The van der Waals surface area contributed by atoms with Crippen LogP contribution in [-0.4, -0.2) is 69.6 Å². The van der Waals surface area contributed by atoms with Crippen LogP contribution in [0, 0.1) is 23.2 Å². The van der Waals surface area contributed by atoms with E-state index >= 15 is 0 Å². The molecule has 248 valence electrons. The number of hydrogen-bond acceptors (Lipinski definition) is 6. The van der Waals surface area contributed by atoms with Gasteiger partial charge in [-0.25, -0.2) is 4.79 Å². The molecule has 0 spiro atoms.